The first-order chi connectivity index (χ1) is 7.84. The number of nitrogens with zero attached hydrogens (tertiary/aromatic N) is 2. The fourth-order valence-corrected chi connectivity index (χ4v) is 2.28. The van der Waals surface area contributed by atoms with Gasteiger partial charge in [-0.1, -0.05) is 12.1 Å². The molecule has 2 heterocycles. The van der Waals surface area contributed by atoms with E-state index in [0.717, 1.165) is 13.0 Å². The van der Waals surface area contributed by atoms with Gasteiger partial charge in [-0.25, -0.2) is 0 Å². The summed E-state index contributed by atoms with van der Waals surface area (Å²) in [4.78, 5) is 6.47. The number of hydrogen-bond donors (Lipinski definition) is 0. The smallest absolute Gasteiger partial charge is 0.0397 e. The highest BCUT2D eigenvalue weighted by Gasteiger charge is 2.15. The Hall–Kier alpha value is -1.83. The minimum absolute atomic E-state index is 1.13. The van der Waals surface area contributed by atoms with Crippen molar-refractivity contribution in [3.8, 4) is 11.1 Å². The zero-order valence-corrected chi connectivity index (χ0v) is 9.35. The van der Waals surface area contributed by atoms with Gasteiger partial charge in [0.1, 0.15) is 0 Å². The van der Waals surface area contributed by atoms with Crippen molar-refractivity contribution in [1.82, 2.24) is 4.98 Å². The Morgan fingerprint density at radius 2 is 2.12 bits per heavy atom. The Bertz CT molecular complexity index is 505. The zero-order valence-electron chi connectivity index (χ0n) is 9.35. The van der Waals surface area contributed by atoms with E-state index in [1.54, 1.807) is 0 Å². The molecule has 0 aliphatic carbocycles. The van der Waals surface area contributed by atoms with Crippen LogP contribution in [0.3, 0.4) is 0 Å². The maximum atomic E-state index is 4.16. The van der Waals surface area contributed by atoms with E-state index >= 15 is 0 Å². The lowest BCUT2D eigenvalue weighted by atomic mass is 10.0. The van der Waals surface area contributed by atoms with Crippen molar-refractivity contribution >= 4 is 5.69 Å². The Kier molecular flexibility index (Phi) is 2.13. The van der Waals surface area contributed by atoms with Crippen LogP contribution >= 0.6 is 0 Å². The molecule has 0 unspecified atom stereocenters. The third-order valence-corrected chi connectivity index (χ3v) is 3.20. The molecule has 0 atom stereocenters. The quantitative estimate of drug-likeness (QED) is 0.719. The normalized spacial score (nSPS) is 13.9. The monoisotopic (exact) mass is 210 g/mol. The van der Waals surface area contributed by atoms with E-state index in [1.165, 1.54) is 22.4 Å². The number of likely N-dealkylation sites (N-methyl/N-ethyl adjacent to an activating group) is 1. The molecule has 1 aromatic heterocycles. The summed E-state index contributed by atoms with van der Waals surface area (Å²) in [5, 5.41) is 0. The van der Waals surface area contributed by atoms with Crippen molar-refractivity contribution < 1.29 is 0 Å². The molecule has 0 saturated carbocycles. The number of fused-ring (bicyclic) bond motifs is 1. The predicted molar refractivity (Wildman–Crippen MR) is 66.6 cm³/mol. The predicted octanol–water partition coefficient (Wildman–Crippen LogP) is 2.74. The van der Waals surface area contributed by atoms with Crippen molar-refractivity contribution in [3.63, 3.8) is 0 Å². The molecule has 0 radical (unpaired) electrons. The summed E-state index contributed by atoms with van der Waals surface area (Å²) >= 11 is 0. The molecular weight excluding hydrogens is 196 g/mol. The van der Waals surface area contributed by atoms with Crippen LogP contribution < -0.4 is 4.90 Å². The van der Waals surface area contributed by atoms with E-state index in [0.29, 0.717) is 0 Å². The Morgan fingerprint density at radius 1 is 1.19 bits per heavy atom. The van der Waals surface area contributed by atoms with Crippen molar-refractivity contribution in [2.45, 2.75) is 6.42 Å². The van der Waals surface area contributed by atoms with E-state index in [-0.39, 0.29) is 0 Å². The van der Waals surface area contributed by atoms with Gasteiger partial charge < -0.3 is 4.90 Å². The van der Waals surface area contributed by atoms with Crippen LogP contribution in [0.1, 0.15) is 5.56 Å². The molecule has 2 heteroatoms. The van der Waals surface area contributed by atoms with Gasteiger partial charge in [-0.05, 0) is 41.3 Å². The Balaban J connectivity index is 2.06. The van der Waals surface area contributed by atoms with Crippen LogP contribution in [0.5, 0.6) is 0 Å². The number of hydrogen-bond acceptors (Lipinski definition) is 2. The second-order valence-electron chi connectivity index (χ2n) is 4.26. The molecule has 1 aromatic carbocycles. The molecule has 1 aliphatic rings. The summed E-state index contributed by atoms with van der Waals surface area (Å²) in [6.07, 6.45) is 4.88. The Labute approximate surface area is 95.6 Å². The van der Waals surface area contributed by atoms with Crippen molar-refractivity contribution in [3.05, 3.63) is 48.3 Å². The number of aromatic nitrogens is 1. The molecule has 0 saturated heterocycles. The van der Waals surface area contributed by atoms with Crippen molar-refractivity contribution in [2.24, 2.45) is 0 Å². The molecule has 0 bridgehead atoms. The van der Waals surface area contributed by atoms with Gasteiger partial charge in [0.05, 0.1) is 0 Å². The number of benzene rings is 1. The summed E-state index contributed by atoms with van der Waals surface area (Å²) in [6, 6.07) is 10.8. The van der Waals surface area contributed by atoms with E-state index in [1.807, 2.05) is 18.5 Å². The number of anilines is 1. The minimum atomic E-state index is 1.13. The van der Waals surface area contributed by atoms with Crippen LogP contribution in [0.15, 0.2) is 42.7 Å². The summed E-state index contributed by atoms with van der Waals surface area (Å²) < 4.78 is 0. The van der Waals surface area contributed by atoms with Crippen LogP contribution in [0.2, 0.25) is 0 Å². The second-order valence-corrected chi connectivity index (χ2v) is 4.26. The highest BCUT2D eigenvalue weighted by molar-refractivity contribution is 5.69. The lowest BCUT2D eigenvalue weighted by Gasteiger charge is -2.12. The van der Waals surface area contributed by atoms with Crippen molar-refractivity contribution in [2.75, 3.05) is 18.5 Å². The van der Waals surface area contributed by atoms with Gasteiger partial charge >= 0.3 is 0 Å². The fraction of sp³-hybridized carbons (Fsp3) is 0.214. The SMILES string of the molecule is CN1CCc2cc(-c3cccnc3)ccc21. The molecule has 3 rings (SSSR count). The van der Waals surface area contributed by atoms with E-state index < -0.39 is 0 Å². The average molecular weight is 210 g/mol. The molecule has 1 aliphatic heterocycles. The topological polar surface area (TPSA) is 16.1 Å². The molecule has 80 valence electrons. The average Bonchev–Trinajstić information content (AvgIpc) is 2.72. The highest BCUT2D eigenvalue weighted by atomic mass is 15.1. The largest absolute Gasteiger partial charge is 0.374 e. The Morgan fingerprint density at radius 3 is 2.94 bits per heavy atom. The van der Waals surface area contributed by atoms with Gasteiger partial charge in [-0.15, -0.1) is 0 Å². The van der Waals surface area contributed by atoms with Crippen molar-refractivity contribution in [1.29, 1.82) is 0 Å². The number of rotatable bonds is 1. The first-order valence-corrected chi connectivity index (χ1v) is 5.59. The van der Waals surface area contributed by atoms with Gasteiger partial charge in [-0.3, -0.25) is 4.98 Å². The molecule has 0 amide bonds. The minimum Gasteiger partial charge on any atom is -0.374 e. The molecular formula is C14H14N2. The van der Waals surface area contributed by atoms with E-state index in [9.17, 15) is 0 Å². The molecule has 0 N–H and O–H groups in total. The summed E-state index contributed by atoms with van der Waals surface area (Å²) in [5.41, 5.74) is 5.28. The van der Waals surface area contributed by atoms with E-state index in [2.05, 4.69) is 41.2 Å². The van der Waals surface area contributed by atoms with Gasteiger partial charge in [-0.2, -0.15) is 0 Å². The summed E-state index contributed by atoms with van der Waals surface area (Å²) in [7, 11) is 2.15. The molecule has 2 nitrogen and oxygen atoms in total. The van der Waals surface area contributed by atoms with Gasteiger partial charge in [0.2, 0.25) is 0 Å². The number of pyridine rings is 1. The first kappa shape index (κ1) is 9.40. The maximum Gasteiger partial charge on any atom is 0.0397 e. The van der Waals surface area contributed by atoms with Gasteiger partial charge in [0, 0.05) is 31.7 Å². The third-order valence-electron chi connectivity index (χ3n) is 3.20. The van der Waals surface area contributed by atoms with Crippen LogP contribution in [0.4, 0.5) is 5.69 Å². The second kappa shape index (κ2) is 3.63. The highest BCUT2D eigenvalue weighted by Crippen LogP contribution is 2.30. The van der Waals surface area contributed by atoms with Gasteiger partial charge in [0.25, 0.3) is 0 Å². The maximum absolute atomic E-state index is 4.16. The van der Waals surface area contributed by atoms with Gasteiger partial charge in [0.15, 0.2) is 0 Å². The standard InChI is InChI=1S/C14H14N2/c1-16-8-6-12-9-11(4-5-14(12)16)13-3-2-7-15-10-13/h2-5,7,9-10H,6,8H2,1H3. The van der Waals surface area contributed by atoms with Crippen LogP contribution in [-0.4, -0.2) is 18.6 Å². The summed E-state index contributed by atoms with van der Waals surface area (Å²) in [6.45, 7) is 1.13. The molecule has 2 aromatic rings. The fourth-order valence-electron chi connectivity index (χ4n) is 2.28. The summed E-state index contributed by atoms with van der Waals surface area (Å²) in [5.74, 6) is 0. The molecule has 16 heavy (non-hydrogen) atoms. The van der Waals surface area contributed by atoms with Crippen LogP contribution in [0, 0.1) is 0 Å². The third kappa shape index (κ3) is 1.47. The lowest BCUT2D eigenvalue weighted by Crippen LogP contribution is -2.12. The van der Waals surface area contributed by atoms with Crippen LogP contribution in [-0.2, 0) is 6.42 Å². The zero-order chi connectivity index (χ0) is 11.0. The lowest BCUT2D eigenvalue weighted by molar-refractivity contribution is 0.956. The molecule has 0 spiro atoms. The first-order valence-electron chi connectivity index (χ1n) is 5.59. The molecule has 0 fully saturated rings. The van der Waals surface area contributed by atoms with Crippen LogP contribution in [0.25, 0.3) is 11.1 Å². The van der Waals surface area contributed by atoms with E-state index in [4.69, 9.17) is 0 Å².